The van der Waals surface area contributed by atoms with Crippen LogP contribution in [0, 0.1) is 11.8 Å². The predicted octanol–water partition coefficient (Wildman–Crippen LogP) is 6.43. The molecule has 12 heteroatoms. The van der Waals surface area contributed by atoms with Crippen LogP contribution in [-0.2, 0) is 18.9 Å². The number of alkyl carbamates (subject to hydrolysis) is 4. The first-order valence-electron chi connectivity index (χ1n) is 15.5. The van der Waals surface area contributed by atoms with Crippen molar-refractivity contribution >= 4 is 24.4 Å². The van der Waals surface area contributed by atoms with Crippen LogP contribution in [0.2, 0.25) is 0 Å². The maximum atomic E-state index is 12.1. The highest BCUT2D eigenvalue weighted by atomic mass is 16.6. The highest BCUT2D eigenvalue weighted by Gasteiger charge is 2.20. The number of hydrogen-bond donors (Lipinski definition) is 4. The van der Waals surface area contributed by atoms with Crippen molar-refractivity contribution in [3.63, 3.8) is 0 Å². The summed E-state index contributed by atoms with van der Waals surface area (Å²) in [5.41, 5.74) is -2.41. The van der Waals surface area contributed by atoms with Gasteiger partial charge in [-0.25, -0.2) is 19.2 Å². The third kappa shape index (κ3) is 26.4. The quantitative estimate of drug-likeness (QED) is 0.127. The molecule has 12 nitrogen and oxygen atoms in total. The monoisotopic (exact) mass is 628 g/mol. The second-order valence-corrected chi connectivity index (χ2v) is 14.8. The molecule has 0 heterocycles. The lowest BCUT2D eigenvalue weighted by Crippen LogP contribution is -2.35. The Morgan fingerprint density at radius 2 is 0.614 bits per heavy atom. The molecule has 0 aliphatic heterocycles. The number of ether oxygens (including phenoxy) is 4. The summed E-state index contributed by atoms with van der Waals surface area (Å²) in [5.74, 6) is 0.00000654. The molecule has 0 saturated heterocycles. The number of allylic oxidation sites excluding steroid dienone is 2. The number of amides is 4. The van der Waals surface area contributed by atoms with Crippen molar-refractivity contribution in [1.29, 1.82) is 0 Å². The van der Waals surface area contributed by atoms with Gasteiger partial charge in [0.25, 0.3) is 0 Å². The van der Waals surface area contributed by atoms with E-state index in [0.29, 0.717) is 51.9 Å². The minimum atomic E-state index is -0.603. The first kappa shape index (κ1) is 40.8. The molecule has 0 rings (SSSR count). The third-order valence-electron chi connectivity index (χ3n) is 5.39. The van der Waals surface area contributed by atoms with Gasteiger partial charge >= 0.3 is 24.4 Å². The van der Waals surface area contributed by atoms with E-state index in [1.807, 2.05) is 0 Å². The van der Waals surface area contributed by atoms with Crippen LogP contribution in [0.25, 0.3) is 0 Å². The zero-order valence-corrected chi connectivity index (χ0v) is 29.2. The summed E-state index contributed by atoms with van der Waals surface area (Å²) in [7, 11) is 0. The van der Waals surface area contributed by atoms with Crippen LogP contribution in [0.5, 0.6) is 0 Å². The molecular formula is C32H60N4O8. The minimum Gasteiger partial charge on any atom is -0.444 e. The summed E-state index contributed by atoms with van der Waals surface area (Å²) in [5, 5.41) is 11.2. The van der Waals surface area contributed by atoms with Gasteiger partial charge in [0.05, 0.1) is 0 Å². The predicted molar refractivity (Wildman–Crippen MR) is 172 cm³/mol. The van der Waals surface area contributed by atoms with Gasteiger partial charge in [-0.3, -0.25) is 0 Å². The van der Waals surface area contributed by atoms with Crippen LogP contribution in [0.1, 0.15) is 109 Å². The van der Waals surface area contributed by atoms with Gasteiger partial charge in [-0.1, -0.05) is 12.2 Å². The van der Waals surface area contributed by atoms with Crippen LogP contribution in [0.3, 0.4) is 0 Å². The van der Waals surface area contributed by atoms with Gasteiger partial charge < -0.3 is 40.2 Å². The number of rotatable bonds is 14. The molecule has 0 unspecified atom stereocenters. The standard InChI is InChI=1S/C32H60N4O8/c1-29(2,3)41-25(37)33-19-15-23(16-20-34-26(38)42-30(4,5)6)13-14-24(17-21-35-27(39)43-31(7,8)9)18-22-36-28(40)44-32(10,11)12/h13-14,23-24H,15-22H2,1-12H3,(H,33,37)(H,34,38)(H,35,39)(H,36,40)/b14-13+. The van der Waals surface area contributed by atoms with Crippen LogP contribution in [0.4, 0.5) is 19.2 Å². The summed E-state index contributed by atoms with van der Waals surface area (Å²) in [6.07, 6.45) is 4.54. The summed E-state index contributed by atoms with van der Waals surface area (Å²) in [6, 6.07) is 0. The normalized spacial score (nSPS) is 12.6. The molecule has 4 N–H and O–H groups in total. The second-order valence-electron chi connectivity index (χ2n) is 14.8. The molecule has 0 aliphatic rings. The molecule has 0 spiro atoms. The van der Waals surface area contributed by atoms with Crippen LogP contribution in [0.15, 0.2) is 12.2 Å². The van der Waals surface area contributed by atoms with E-state index in [4.69, 9.17) is 18.9 Å². The van der Waals surface area contributed by atoms with Gasteiger partial charge in [-0.05, 0) is 121 Å². The molecule has 0 atom stereocenters. The summed E-state index contributed by atoms with van der Waals surface area (Å²) in [4.78, 5) is 48.6. The van der Waals surface area contributed by atoms with Gasteiger partial charge in [0.1, 0.15) is 22.4 Å². The van der Waals surface area contributed by atoms with E-state index in [-0.39, 0.29) is 11.8 Å². The summed E-state index contributed by atoms with van der Waals surface area (Å²) in [6.45, 7) is 23.1. The smallest absolute Gasteiger partial charge is 0.407 e. The Hall–Kier alpha value is -3.18. The zero-order valence-electron chi connectivity index (χ0n) is 29.2. The number of carbonyl (C=O) groups is 4. The highest BCUT2D eigenvalue weighted by Crippen LogP contribution is 2.17. The average molecular weight is 629 g/mol. The molecule has 0 fully saturated rings. The maximum absolute atomic E-state index is 12.1. The first-order valence-corrected chi connectivity index (χ1v) is 15.5. The largest absolute Gasteiger partial charge is 0.444 e. The Morgan fingerprint density at radius 3 is 0.773 bits per heavy atom. The summed E-state index contributed by atoms with van der Waals surface area (Å²) >= 11 is 0. The van der Waals surface area contributed by atoms with E-state index in [0.717, 1.165) is 0 Å². The molecule has 0 bridgehead atoms. The van der Waals surface area contributed by atoms with Crippen molar-refractivity contribution in [2.75, 3.05) is 26.2 Å². The molecule has 0 aliphatic carbocycles. The van der Waals surface area contributed by atoms with E-state index in [9.17, 15) is 19.2 Å². The molecule has 0 aromatic heterocycles. The van der Waals surface area contributed by atoms with Crippen molar-refractivity contribution in [3.8, 4) is 0 Å². The fraction of sp³-hybridized carbons (Fsp3) is 0.812. The van der Waals surface area contributed by atoms with Gasteiger partial charge in [-0.2, -0.15) is 0 Å². The van der Waals surface area contributed by atoms with Crippen molar-refractivity contribution in [2.24, 2.45) is 11.8 Å². The first-order chi connectivity index (χ1) is 19.9. The van der Waals surface area contributed by atoms with Crippen LogP contribution in [-0.4, -0.2) is 73.0 Å². The van der Waals surface area contributed by atoms with Gasteiger partial charge in [0.2, 0.25) is 0 Å². The van der Waals surface area contributed by atoms with E-state index in [2.05, 4.69) is 33.4 Å². The van der Waals surface area contributed by atoms with Gasteiger partial charge in [0.15, 0.2) is 0 Å². The molecule has 44 heavy (non-hydrogen) atoms. The van der Waals surface area contributed by atoms with Gasteiger partial charge in [0, 0.05) is 26.2 Å². The lowest BCUT2D eigenvalue weighted by atomic mass is 9.95. The van der Waals surface area contributed by atoms with Crippen molar-refractivity contribution in [2.45, 2.75) is 131 Å². The second kappa shape index (κ2) is 18.6. The van der Waals surface area contributed by atoms with E-state index >= 15 is 0 Å². The lowest BCUT2D eigenvalue weighted by Gasteiger charge is -2.22. The fourth-order valence-corrected chi connectivity index (χ4v) is 3.68. The lowest BCUT2D eigenvalue weighted by molar-refractivity contribution is 0.0508. The minimum absolute atomic E-state index is 0.00000327. The maximum Gasteiger partial charge on any atom is 0.407 e. The highest BCUT2D eigenvalue weighted by molar-refractivity contribution is 5.68. The number of carbonyl (C=O) groups excluding carboxylic acids is 4. The topological polar surface area (TPSA) is 153 Å². The van der Waals surface area contributed by atoms with Crippen molar-refractivity contribution in [3.05, 3.63) is 12.2 Å². The van der Waals surface area contributed by atoms with Crippen LogP contribution < -0.4 is 21.3 Å². The fourth-order valence-electron chi connectivity index (χ4n) is 3.68. The summed E-state index contributed by atoms with van der Waals surface area (Å²) < 4.78 is 21.3. The SMILES string of the molecule is CC(C)(C)OC(=O)NCCC(/C=C/C(CCNC(=O)OC(C)(C)C)CCNC(=O)OC(C)(C)C)CCNC(=O)OC(C)(C)C. The Kier molecular flexibility index (Phi) is 17.2. The van der Waals surface area contributed by atoms with E-state index < -0.39 is 46.8 Å². The zero-order chi connectivity index (χ0) is 34.2. The van der Waals surface area contributed by atoms with Crippen LogP contribution >= 0.6 is 0 Å². The number of hydrogen-bond acceptors (Lipinski definition) is 8. The third-order valence-corrected chi connectivity index (χ3v) is 5.39. The van der Waals surface area contributed by atoms with Crippen molar-refractivity contribution < 1.29 is 38.1 Å². The van der Waals surface area contributed by atoms with E-state index in [1.54, 1.807) is 83.1 Å². The molecular weight excluding hydrogens is 568 g/mol. The Morgan fingerprint density at radius 1 is 0.432 bits per heavy atom. The molecule has 0 saturated carbocycles. The molecule has 4 amide bonds. The van der Waals surface area contributed by atoms with E-state index in [1.165, 1.54) is 0 Å². The van der Waals surface area contributed by atoms with Crippen molar-refractivity contribution in [1.82, 2.24) is 21.3 Å². The Labute approximate surface area is 265 Å². The molecule has 256 valence electrons. The molecule has 0 aromatic rings. The molecule has 0 aromatic carbocycles. The Balaban J connectivity index is 5.47. The number of nitrogens with one attached hydrogen (secondary N) is 4. The van der Waals surface area contributed by atoms with Gasteiger partial charge in [-0.15, -0.1) is 0 Å². The average Bonchev–Trinajstić information content (AvgIpc) is 2.76. The Bertz CT molecular complexity index is 782. The molecule has 0 radical (unpaired) electrons.